The van der Waals surface area contributed by atoms with Crippen molar-refractivity contribution >= 4 is 23.4 Å². The number of rotatable bonds is 10. The van der Waals surface area contributed by atoms with E-state index in [0.29, 0.717) is 23.5 Å². The molecule has 0 unspecified atom stereocenters. The predicted octanol–water partition coefficient (Wildman–Crippen LogP) is 7.21. The SMILES string of the molecule is CC(C)(C)CC1(C(=O)N[C@@H](Cc2ccc(-c3ccccc3C(=O)N3CCCCC3)cc2)C(=O)Nc2ccc(-c3nnn[nH]3)cc2)CCCCC1. The van der Waals surface area contributed by atoms with Crippen molar-refractivity contribution in [3.63, 3.8) is 0 Å². The van der Waals surface area contributed by atoms with Gasteiger partial charge in [0.1, 0.15) is 6.04 Å². The zero-order valence-electron chi connectivity index (χ0n) is 29.5. The van der Waals surface area contributed by atoms with Crippen molar-refractivity contribution in [1.29, 1.82) is 0 Å². The first-order valence-corrected chi connectivity index (χ1v) is 18.0. The van der Waals surface area contributed by atoms with Gasteiger partial charge in [-0.1, -0.05) is 82.5 Å². The van der Waals surface area contributed by atoms with Crippen LogP contribution in [-0.4, -0.2) is 62.4 Å². The molecule has 1 saturated heterocycles. The zero-order valence-corrected chi connectivity index (χ0v) is 29.5. The summed E-state index contributed by atoms with van der Waals surface area (Å²) in [6.45, 7) is 8.13. The molecular formula is C40H49N7O3. The fraction of sp³-hybridized carbons (Fsp3) is 0.450. The van der Waals surface area contributed by atoms with Gasteiger partial charge >= 0.3 is 0 Å². The largest absolute Gasteiger partial charge is 0.343 e. The Morgan fingerprint density at radius 3 is 2.16 bits per heavy atom. The number of carbonyl (C=O) groups excluding carboxylic acids is 3. The summed E-state index contributed by atoms with van der Waals surface area (Å²) in [5, 5.41) is 20.2. The molecule has 262 valence electrons. The molecule has 1 aliphatic heterocycles. The van der Waals surface area contributed by atoms with Gasteiger partial charge in [-0.3, -0.25) is 14.4 Å². The highest BCUT2D eigenvalue weighted by Crippen LogP contribution is 2.45. The molecule has 2 aliphatic rings. The van der Waals surface area contributed by atoms with Gasteiger partial charge in [0.25, 0.3) is 5.91 Å². The highest BCUT2D eigenvalue weighted by atomic mass is 16.2. The number of tetrazole rings is 1. The van der Waals surface area contributed by atoms with E-state index in [1.54, 1.807) is 12.1 Å². The minimum atomic E-state index is -0.793. The number of nitrogens with one attached hydrogen (secondary N) is 3. The van der Waals surface area contributed by atoms with E-state index in [1.165, 1.54) is 0 Å². The molecule has 2 fully saturated rings. The maximum absolute atomic E-state index is 14.3. The first-order valence-electron chi connectivity index (χ1n) is 18.0. The molecular weight excluding hydrogens is 626 g/mol. The van der Waals surface area contributed by atoms with E-state index in [9.17, 15) is 14.4 Å². The van der Waals surface area contributed by atoms with Gasteiger partial charge in [0, 0.05) is 41.7 Å². The van der Waals surface area contributed by atoms with E-state index >= 15 is 0 Å². The lowest BCUT2D eigenvalue weighted by Gasteiger charge is -2.41. The highest BCUT2D eigenvalue weighted by Gasteiger charge is 2.43. The number of benzene rings is 3. The van der Waals surface area contributed by atoms with E-state index in [-0.39, 0.29) is 23.1 Å². The quantitative estimate of drug-likeness (QED) is 0.163. The lowest BCUT2D eigenvalue weighted by Crippen LogP contribution is -2.52. The number of hydrogen-bond acceptors (Lipinski definition) is 6. The molecule has 10 heteroatoms. The van der Waals surface area contributed by atoms with E-state index < -0.39 is 11.5 Å². The van der Waals surface area contributed by atoms with Gasteiger partial charge in [0.2, 0.25) is 11.8 Å². The molecule has 3 amide bonds. The number of anilines is 1. The van der Waals surface area contributed by atoms with Crippen LogP contribution >= 0.6 is 0 Å². The van der Waals surface area contributed by atoms with Crippen LogP contribution in [-0.2, 0) is 16.0 Å². The van der Waals surface area contributed by atoms with Crippen LogP contribution in [0.4, 0.5) is 5.69 Å². The summed E-state index contributed by atoms with van der Waals surface area (Å²) in [5.74, 6) is 0.283. The van der Waals surface area contributed by atoms with Crippen molar-refractivity contribution in [1.82, 2.24) is 30.8 Å². The molecule has 0 radical (unpaired) electrons. The standard InChI is InChI=1S/C40H49N7O3/c1-39(2,3)27-40(22-8-4-9-23-40)38(50)42-34(36(48)41-31-20-18-30(19-21-31)35-43-45-46-44-35)26-28-14-16-29(17-15-28)32-12-6-7-13-33(32)37(49)47-24-10-5-11-25-47/h6-7,12-21,34H,4-5,8-11,22-27H2,1-3H3,(H,41,48)(H,42,50)(H,43,44,45,46)/t34-/m0/s1. The fourth-order valence-electron chi connectivity index (χ4n) is 7.72. The summed E-state index contributed by atoms with van der Waals surface area (Å²) in [6.07, 6.45) is 9.13. The van der Waals surface area contributed by atoms with Crippen molar-refractivity contribution in [2.24, 2.45) is 10.8 Å². The molecule has 3 aromatic carbocycles. The average molecular weight is 676 g/mol. The first-order chi connectivity index (χ1) is 24.1. The Balaban J connectivity index is 1.23. The predicted molar refractivity (Wildman–Crippen MR) is 195 cm³/mol. The van der Waals surface area contributed by atoms with Gasteiger partial charge in [-0.2, -0.15) is 0 Å². The zero-order chi connectivity index (χ0) is 35.1. The third kappa shape index (κ3) is 8.46. The lowest BCUT2D eigenvalue weighted by atomic mass is 9.65. The van der Waals surface area contributed by atoms with E-state index in [0.717, 1.165) is 93.1 Å². The second-order valence-corrected chi connectivity index (χ2v) is 15.2. The van der Waals surface area contributed by atoms with Crippen LogP contribution in [0, 0.1) is 10.8 Å². The third-order valence-electron chi connectivity index (χ3n) is 10.1. The van der Waals surface area contributed by atoms with Crippen molar-refractivity contribution < 1.29 is 14.4 Å². The topological polar surface area (TPSA) is 133 Å². The number of piperidine rings is 1. The molecule has 0 spiro atoms. The molecule has 50 heavy (non-hydrogen) atoms. The van der Waals surface area contributed by atoms with Gasteiger partial charge in [-0.25, -0.2) is 5.10 Å². The number of amides is 3. The molecule has 1 saturated carbocycles. The molecule has 1 atom stereocenters. The van der Waals surface area contributed by atoms with Crippen LogP contribution < -0.4 is 10.6 Å². The Bertz CT molecular complexity index is 1750. The maximum Gasteiger partial charge on any atom is 0.254 e. The molecule has 0 bridgehead atoms. The van der Waals surface area contributed by atoms with Crippen molar-refractivity contribution in [3.8, 4) is 22.5 Å². The van der Waals surface area contributed by atoms with Crippen LogP contribution in [0.25, 0.3) is 22.5 Å². The Morgan fingerprint density at radius 1 is 0.840 bits per heavy atom. The number of aromatic amines is 1. The second-order valence-electron chi connectivity index (χ2n) is 15.2. The molecule has 2 heterocycles. The molecule has 6 rings (SSSR count). The summed E-state index contributed by atoms with van der Waals surface area (Å²) in [4.78, 5) is 43.7. The Morgan fingerprint density at radius 2 is 1.50 bits per heavy atom. The monoisotopic (exact) mass is 675 g/mol. The Kier molecular flexibility index (Phi) is 10.7. The third-order valence-corrected chi connectivity index (χ3v) is 10.1. The van der Waals surface area contributed by atoms with E-state index in [1.807, 2.05) is 65.6 Å². The van der Waals surface area contributed by atoms with Crippen LogP contribution in [0.15, 0.2) is 72.8 Å². The van der Waals surface area contributed by atoms with Crippen LogP contribution in [0.3, 0.4) is 0 Å². The maximum atomic E-state index is 14.3. The number of hydrogen-bond donors (Lipinski definition) is 3. The minimum Gasteiger partial charge on any atom is -0.343 e. The number of aromatic nitrogens is 4. The van der Waals surface area contributed by atoms with Crippen molar-refractivity contribution in [2.75, 3.05) is 18.4 Å². The molecule has 4 aromatic rings. The van der Waals surface area contributed by atoms with Crippen molar-refractivity contribution in [2.45, 2.75) is 91.0 Å². The Labute approximate surface area is 294 Å². The van der Waals surface area contributed by atoms with E-state index in [2.05, 4.69) is 52.0 Å². The van der Waals surface area contributed by atoms with Crippen LogP contribution in [0.2, 0.25) is 0 Å². The van der Waals surface area contributed by atoms with Gasteiger partial charge in [-0.15, -0.1) is 5.10 Å². The van der Waals surface area contributed by atoms with E-state index in [4.69, 9.17) is 0 Å². The average Bonchev–Trinajstić information content (AvgIpc) is 3.67. The molecule has 1 aliphatic carbocycles. The summed E-state index contributed by atoms with van der Waals surface area (Å²) < 4.78 is 0. The highest BCUT2D eigenvalue weighted by molar-refractivity contribution is 6.01. The number of likely N-dealkylation sites (tertiary alicyclic amines) is 1. The number of carbonyl (C=O) groups is 3. The first kappa shape index (κ1) is 35.0. The fourth-order valence-corrected chi connectivity index (χ4v) is 7.72. The van der Waals surface area contributed by atoms with Crippen LogP contribution in [0.1, 0.15) is 94.5 Å². The normalized spacial score (nSPS) is 16.7. The molecule has 10 nitrogen and oxygen atoms in total. The number of nitrogens with zero attached hydrogens (tertiary/aromatic N) is 4. The summed E-state index contributed by atoms with van der Waals surface area (Å²) in [6, 6.07) is 22.2. The van der Waals surface area contributed by atoms with Crippen LogP contribution in [0.5, 0.6) is 0 Å². The van der Waals surface area contributed by atoms with Crippen molar-refractivity contribution in [3.05, 3.63) is 83.9 Å². The van der Waals surface area contributed by atoms with Gasteiger partial charge in [-0.05, 0) is 101 Å². The van der Waals surface area contributed by atoms with Gasteiger partial charge in [0.15, 0.2) is 5.82 Å². The smallest absolute Gasteiger partial charge is 0.254 e. The molecule has 3 N–H and O–H groups in total. The lowest BCUT2D eigenvalue weighted by molar-refractivity contribution is -0.137. The minimum absolute atomic E-state index is 0.0330. The number of H-pyrrole nitrogens is 1. The summed E-state index contributed by atoms with van der Waals surface area (Å²) >= 11 is 0. The van der Waals surface area contributed by atoms with Gasteiger partial charge in [0.05, 0.1) is 0 Å². The summed E-state index contributed by atoms with van der Waals surface area (Å²) in [5.41, 5.74) is 4.31. The molecule has 1 aromatic heterocycles. The Hall–Kier alpha value is -4.86. The summed E-state index contributed by atoms with van der Waals surface area (Å²) in [7, 11) is 0. The second kappa shape index (κ2) is 15.4. The van der Waals surface area contributed by atoms with Gasteiger partial charge < -0.3 is 15.5 Å².